The van der Waals surface area contributed by atoms with E-state index in [4.69, 9.17) is 9.97 Å². The summed E-state index contributed by atoms with van der Waals surface area (Å²) in [5, 5.41) is 2.37. The minimum atomic E-state index is -0.133. The van der Waals surface area contributed by atoms with Crippen molar-refractivity contribution in [2.24, 2.45) is 0 Å². The zero-order valence-corrected chi connectivity index (χ0v) is 30.9. The number of hydrogen-bond donors (Lipinski definition) is 0. The van der Waals surface area contributed by atoms with Gasteiger partial charge in [0.2, 0.25) is 0 Å². The lowest BCUT2D eigenvalue weighted by Gasteiger charge is -2.22. The molecule has 55 heavy (non-hydrogen) atoms. The van der Waals surface area contributed by atoms with E-state index in [0.717, 1.165) is 33.5 Å². The molecule has 2 nitrogen and oxygen atoms in total. The van der Waals surface area contributed by atoms with Gasteiger partial charge in [0.05, 0.1) is 11.4 Å². The second-order valence-corrected chi connectivity index (χ2v) is 15.0. The molecule has 0 unspecified atom stereocenters. The monoisotopic (exact) mass is 702 g/mol. The molecule has 8 aromatic carbocycles. The van der Waals surface area contributed by atoms with Crippen molar-refractivity contribution in [3.63, 3.8) is 0 Å². The highest BCUT2D eigenvalue weighted by Gasteiger charge is 2.37. The molecule has 0 spiro atoms. The minimum absolute atomic E-state index is 0.133. The van der Waals surface area contributed by atoms with Gasteiger partial charge in [-0.05, 0) is 78.5 Å². The van der Waals surface area contributed by atoms with Crippen molar-refractivity contribution in [2.45, 2.75) is 19.3 Å². The van der Waals surface area contributed by atoms with Crippen LogP contribution in [-0.4, -0.2) is 9.97 Å². The Kier molecular flexibility index (Phi) is 7.85. The summed E-state index contributed by atoms with van der Waals surface area (Å²) in [5.41, 5.74) is 17.6. The summed E-state index contributed by atoms with van der Waals surface area (Å²) < 4.78 is 0. The van der Waals surface area contributed by atoms with Crippen molar-refractivity contribution in [1.82, 2.24) is 9.97 Å². The van der Waals surface area contributed by atoms with Crippen LogP contribution in [-0.2, 0) is 5.41 Å². The zero-order valence-electron chi connectivity index (χ0n) is 30.9. The van der Waals surface area contributed by atoms with E-state index < -0.39 is 0 Å². The maximum absolute atomic E-state index is 5.23. The number of hydrogen-bond acceptors (Lipinski definition) is 2. The highest BCUT2D eigenvalue weighted by atomic mass is 14.9. The highest BCUT2D eigenvalue weighted by molar-refractivity contribution is 6.05. The SMILES string of the molecule is CC1(C)c2cc(-c3ccc(-c4cc(-c5ccc(-c6ccccc6)cc5)nc(-c5ccccc5)n4)c4ccccc34)ccc2-c2c(-c3ccccc3)cccc21. The van der Waals surface area contributed by atoms with Gasteiger partial charge in [-0.3, -0.25) is 0 Å². The molecule has 9 aromatic rings. The minimum Gasteiger partial charge on any atom is -0.228 e. The molecule has 0 saturated carbocycles. The summed E-state index contributed by atoms with van der Waals surface area (Å²) >= 11 is 0. The quantitative estimate of drug-likeness (QED) is 0.172. The largest absolute Gasteiger partial charge is 0.228 e. The molecule has 0 N–H and O–H groups in total. The lowest BCUT2D eigenvalue weighted by molar-refractivity contribution is 0.661. The fraction of sp³-hybridized carbons (Fsp3) is 0.0566. The molecule has 2 heteroatoms. The summed E-state index contributed by atoms with van der Waals surface area (Å²) in [6, 6.07) is 69.5. The van der Waals surface area contributed by atoms with Gasteiger partial charge >= 0.3 is 0 Å². The lowest BCUT2D eigenvalue weighted by atomic mass is 9.81. The van der Waals surface area contributed by atoms with Crippen LogP contribution in [0.5, 0.6) is 0 Å². The standard InChI is InChI=1S/C53H38N2/c1-53(2)47-24-14-23-42(37-17-8-4-9-18-37)51(47)46-30-29-40(33-48(46)53)41-31-32-45(44-22-13-12-21-43(41)44)50-34-49(54-52(55-50)39-19-10-5-11-20-39)38-27-25-36(26-28-38)35-15-6-3-7-16-35/h3-34H,1-2H3. The Morgan fingerprint density at radius 1 is 0.327 bits per heavy atom. The van der Waals surface area contributed by atoms with Crippen LogP contribution in [0.25, 0.3) is 89.2 Å². The molecule has 0 aliphatic heterocycles. The van der Waals surface area contributed by atoms with Crippen LogP contribution in [0.4, 0.5) is 0 Å². The van der Waals surface area contributed by atoms with E-state index in [0.29, 0.717) is 5.82 Å². The molecule has 0 amide bonds. The van der Waals surface area contributed by atoms with Gasteiger partial charge in [-0.2, -0.15) is 0 Å². The van der Waals surface area contributed by atoms with Crippen LogP contribution in [0.1, 0.15) is 25.0 Å². The van der Waals surface area contributed by atoms with Crippen molar-refractivity contribution in [2.75, 3.05) is 0 Å². The van der Waals surface area contributed by atoms with Crippen molar-refractivity contribution >= 4 is 10.8 Å². The van der Waals surface area contributed by atoms with E-state index in [2.05, 4.69) is 190 Å². The fourth-order valence-corrected chi connectivity index (χ4v) is 8.50. The van der Waals surface area contributed by atoms with Crippen LogP contribution >= 0.6 is 0 Å². The average Bonchev–Trinajstić information content (AvgIpc) is 3.49. The Labute approximate surface area is 322 Å². The molecule has 1 aliphatic rings. The van der Waals surface area contributed by atoms with E-state index in [-0.39, 0.29) is 5.41 Å². The van der Waals surface area contributed by atoms with Crippen LogP contribution in [0, 0.1) is 0 Å². The van der Waals surface area contributed by atoms with Gasteiger partial charge in [0.1, 0.15) is 0 Å². The van der Waals surface area contributed by atoms with Crippen molar-refractivity contribution in [3.05, 3.63) is 205 Å². The third-order valence-electron chi connectivity index (χ3n) is 11.3. The summed E-state index contributed by atoms with van der Waals surface area (Å²) in [4.78, 5) is 10.4. The number of nitrogens with zero attached hydrogens (tertiary/aromatic N) is 2. The predicted octanol–water partition coefficient (Wildman–Crippen LogP) is 13.9. The second-order valence-electron chi connectivity index (χ2n) is 15.0. The summed E-state index contributed by atoms with van der Waals surface area (Å²) in [5.74, 6) is 0.712. The molecular formula is C53H38N2. The van der Waals surface area contributed by atoms with Crippen LogP contribution in [0.15, 0.2) is 194 Å². The Morgan fingerprint density at radius 2 is 0.855 bits per heavy atom. The van der Waals surface area contributed by atoms with E-state index in [1.54, 1.807) is 0 Å². The summed E-state index contributed by atoms with van der Waals surface area (Å²) in [6.45, 7) is 4.73. The van der Waals surface area contributed by atoms with Crippen molar-refractivity contribution < 1.29 is 0 Å². The predicted molar refractivity (Wildman–Crippen MR) is 230 cm³/mol. The van der Waals surface area contributed by atoms with Crippen LogP contribution < -0.4 is 0 Å². The molecule has 1 aromatic heterocycles. The number of rotatable bonds is 6. The topological polar surface area (TPSA) is 25.8 Å². The second kappa shape index (κ2) is 13.2. The van der Waals surface area contributed by atoms with Crippen LogP contribution in [0.2, 0.25) is 0 Å². The van der Waals surface area contributed by atoms with Gasteiger partial charge < -0.3 is 0 Å². The van der Waals surface area contributed by atoms with Gasteiger partial charge in [-0.15, -0.1) is 0 Å². The first-order valence-corrected chi connectivity index (χ1v) is 19.0. The lowest BCUT2D eigenvalue weighted by Crippen LogP contribution is -2.15. The molecular weight excluding hydrogens is 665 g/mol. The van der Waals surface area contributed by atoms with Crippen molar-refractivity contribution in [3.8, 4) is 78.4 Å². The van der Waals surface area contributed by atoms with Crippen molar-refractivity contribution in [1.29, 1.82) is 0 Å². The van der Waals surface area contributed by atoms with Crippen LogP contribution in [0.3, 0.4) is 0 Å². The normalized spacial score (nSPS) is 12.7. The zero-order chi connectivity index (χ0) is 36.9. The van der Waals surface area contributed by atoms with E-state index >= 15 is 0 Å². The molecule has 0 radical (unpaired) electrons. The van der Waals surface area contributed by atoms with E-state index in [9.17, 15) is 0 Å². The molecule has 1 heterocycles. The first kappa shape index (κ1) is 32.7. The third kappa shape index (κ3) is 5.66. The van der Waals surface area contributed by atoms with Gasteiger partial charge in [0, 0.05) is 22.1 Å². The third-order valence-corrected chi connectivity index (χ3v) is 11.3. The smallest absolute Gasteiger partial charge is 0.160 e. The molecule has 0 bridgehead atoms. The Bertz CT molecular complexity index is 2860. The highest BCUT2D eigenvalue weighted by Crippen LogP contribution is 2.53. The average molecular weight is 703 g/mol. The maximum atomic E-state index is 5.23. The van der Waals surface area contributed by atoms with Gasteiger partial charge in [0.25, 0.3) is 0 Å². The maximum Gasteiger partial charge on any atom is 0.160 e. The molecule has 10 rings (SSSR count). The first-order chi connectivity index (χ1) is 27.0. The number of fused-ring (bicyclic) bond motifs is 4. The molecule has 1 aliphatic carbocycles. The van der Waals surface area contributed by atoms with Gasteiger partial charge in [0.15, 0.2) is 5.82 Å². The first-order valence-electron chi connectivity index (χ1n) is 19.0. The Morgan fingerprint density at radius 3 is 1.56 bits per heavy atom. The van der Waals surface area contributed by atoms with E-state index in [1.807, 2.05) is 18.2 Å². The summed E-state index contributed by atoms with van der Waals surface area (Å²) in [7, 11) is 0. The fourth-order valence-electron chi connectivity index (χ4n) is 8.50. The van der Waals surface area contributed by atoms with Gasteiger partial charge in [-0.25, -0.2) is 9.97 Å². The molecule has 0 fully saturated rings. The van der Waals surface area contributed by atoms with E-state index in [1.165, 1.54) is 61.0 Å². The molecule has 0 saturated heterocycles. The molecule has 260 valence electrons. The Balaban J connectivity index is 1.09. The summed E-state index contributed by atoms with van der Waals surface area (Å²) in [6.07, 6.45) is 0. The number of aromatic nitrogens is 2. The molecule has 0 atom stereocenters. The Hall–Kier alpha value is -6.90. The number of benzene rings is 8. The van der Waals surface area contributed by atoms with Gasteiger partial charge in [-0.1, -0.05) is 196 Å².